The third kappa shape index (κ3) is 9.96. The first-order chi connectivity index (χ1) is 6.66. The van der Waals surface area contributed by atoms with E-state index in [1.807, 2.05) is 0 Å². The summed E-state index contributed by atoms with van der Waals surface area (Å²) in [6.07, 6.45) is 2.78. The summed E-state index contributed by atoms with van der Waals surface area (Å²) in [4.78, 5) is 2.17. The van der Waals surface area contributed by atoms with Gasteiger partial charge in [-0.1, -0.05) is 13.3 Å². The second kappa shape index (κ2) is 9.44. The SMILES string of the molecule is CCCC(C)OCCNCCN(C)C. The molecule has 0 heterocycles. The van der Waals surface area contributed by atoms with Crippen molar-refractivity contribution in [1.29, 1.82) is 0 Å². The molecule has 14 heavy (non-hydrogen) atoms. The molecule has 0 aliphatic rings. The lowest BCUT2D eigenvalue weighted by atomic mass is 10.2. The molecule has 0 saturated heterocycles. The molecule has 0 fully saturated rings. The molecule has 0 spiro atoms. The van der Waals surface area contributed by atoms with E-state index >= 15 is 0 Å². The Balaban J connectivity index is 3.05. The summed E-state index contributed by atoms with van der Waals surface area (Å²) in [6, 6.07) is 0. The normalized spacial score (nSPS) is 13.5. The lowest BCUT2D eigenvalue weighted by Crippen LogP contribution is -2.29. The molecule has 3 heteroatoms. The van der Waals surface area contributed by atoms with Gasteiger partial charge in [-0.05, 0) is 27.4 Å². The third-order valence-electron chi connectivity index (χ3n) is 2.11. The Kier molecular flexibility index (Phi) is 9.35. The van der Waals surface area contributed by atoms with Crippen LogP contribution >= 0.6 is 0 Å². The number of ether oxygens (including phenoxy) is 1. The molecule has 0 aromatic heterocycles. The van der Waals surface area contributed by atoms with Crippen molar-refractivity contribution in [3.05, 3.63) is 0 Å². The van der Waals surface area contributed by atoms with Gasteiger partial charge in [0.05, 0.1) is 12.7 Å². The Labute approximate surface area is 88.8 Å². The fraction of sp³-hybridized carbons (Fsp3) is 1.00. The molecule has 0 aliphatic heterocycles. The van der Waals surface area contributed by atoms with E-state index in [-0.39, 0.29) is 0 Å². The molecule has 3 nitrogen and oxygen atoms in total. The first kappa shape index (κ1) is 13.9. The van der Waals surface area contributed by atoms with Crippen LogP contribution in [0, 0.1) is 0 Å². The Morgan fingerprint density at radius 2 is 2.00 bits per heavy atom. The number of hydrogen-bond acceptors (Lipinski definition) is 3. The summed E-state index contributed by atoms with van der Waals surface area (Å²) >= 11 is 0. The van der Waals surface area contributed by atoms with Crippen molar-refractivity contribution in [1.82, 2.24) is 10.2 Å². The minimum Gasteiger partial charge on any atom is -0.377 e. The van der Waals surface area contributed by atoms with Crippen molar-refractivity contribution < 1.29 is 4.74 Å². The Morgan fingerprint density at radius 1 is 1.29 bits per heavy atom. The van der Waals surface area contributed by atoms with Crippen LogP contribution in [-0.4, -0.2) is 51.3 Å². The van der Waals surface area contributed by atoms with Crippen LogP contribution in [0.25, 0.3) is 0 Å². The average Bonchev–Trinajstić information content (AvgIpc) is 2.11. The van der Waals surface area contributed by atoms with E-state index in [0.717, 1.165) is 32.7 Å². The smallest absolute Gasteiger partial charge is 0.0594 e. The lowest BCUT2D eigenvalue weighted by Gasteiger charge is -2.13. The molecule has 1 atom stereocenters. The maximum atomic E-state index is 5.61. The summed E-state index contributed by atoms with van der Waals surface area (Å²) in [5, 5.41) is 3.35. The van der Waals surface area contributed by atoms with Crippen LogP contribution in [0.4, 0.5) is 0 Å². The Hall–Kier alpha value is -0.120. The fourth-order valence-electron chi connectivity index (χ4n) is 1.25. The van der Waals surface area contributed by atoms with Gasteiger partial charge in [-0.15, -0.1) is 0 Å². The molecule has 1 unspecified atom stereocenters. The highest BCUT2D eigenvalue weighted by Crippen LogP contribution is 1.99. The van der Waals surface area contributed by atoms with Crippen molar-refractivity contribution in [3.63, 3.8) is 0 Å². The van der Waals surface area contributed by atoms with Crippen molar-refractivity contribution in [2.24, 2.45) is 0 Å². The zero-order valence-electron chi connectivity index (χ0n) is 10.2. The van der Waals surface area contributed by atoms with E-state index in [0.29, 0.717) is 6.10 Å². The maximum Gasteiger partial charge on any atom is 0.0594 e. The van der Waals surface area contributed by atoms with E-state index in [4.69, 9.17) is 4.74 Å². The van der Waals surface area contributed by atoms with Gasteiger partial charge in [-0.25, -0.2) is 0 Å². The number of hydrogen-bond donors (Lipinski definition) is 1. The molecule has 0 bridgehead atoms. The standard InChI is InChI=1S/C11H26N2O/c1-5-6-11(2)14-10-8-12-7-9-13(3)4/h11-12H,5-10H2,1-4H3. The molecule has 86 valence electrons. The van der Waals surface area contributed by atoms with Crippen LogP contribution in [0.1, 0.15) is 26.7 Å². The predicted molar refractivity (Wildman–Crippen MR) is 61.7 cm³/mol. The highest BCUT2D eigenvalue weighted by molar-refractivity contribution is 4.52. The molecular formula is C11H26N2O. The summed E-state index contributed by atoms with van der Waals surface area (Å²) < 4.78 is 5.61. The van der Waals surface area contributed by atoms with E-state index < -0.39 is 0 Å². The van der Waals surface area contributed by atoms with Gasteiger partial charge >= 0.3 is 0 Å². The van der Waals surface area contributed by atoms with Crippen LogP contribution in [0.3, 0.4) is 0 Å². The van der Waals surface area contributed by atoms with Gasteiger partial charge in [0.2, 0.25) is 0 Å². The quantitative estimate of drug-likeness (QED) is 0.571. The molecule has 0 radical (unpaired) electrons. The second-order valence-electron chi connectivity index (χ2n) is 4.02. The van der Waals surface area contributed by atoms with Gasteiger partial charge in [0.15, 0.2) is 0 Å². The van der Waals surface area contributed by atoms with Crippen molar-refractivity contribution in [2.75, 3.05) is 40.3 Å². The third-order valence-corrected chi connectivity index (χ3v) is 2.11. The molecule has 0 aromatic carbocycles. The molecule has 0 aliphatic carbocycles. The number of likely N-dealkylation sites (N-methyl/N-ethyl adjacent to an activating group) is 1. The van der Waals surface area contributed by atoms with Crippen LogP contribution in [0.15, 0.2) is 0 Å². The van der Waals surface area contributed by atoms with E-state index in [1.165, 1.54) is 6.42 Å². The Morgan fingerprint density at radius 3 is 2.57 bits per heavy atom. The zero-order chi connectivity index (χ0) is 10.8. The van der Waals surface area contributed by atoms with Crippen LogP contribution < -0.4 is 5.32 Å². The van der Waals surface area contributed by atoms with Crippen LogP contribution in [0.2, 0.25) is 0 Å². The summed E-state index contributed by atoms with van der Waals surface area (Å²) in [5.74, 6) is 0. The first-order valence-corrected chi connectivity index (χ1v) is 5.63. The molecule has 0 amide bonds. The monoisotopic (exact) mass is 202 g/mol. The number of nitrogens with zero attached hydrogens (tertiary/aromatic N) is 1. The van der Waals surface area contributed by atoms with Gasteiger partial charge in [0.25, 0.3) is 0 Å². The zero-order valence-corrected chi connectivity index (χ0v) is 10.2. The molecule has 0 aromatic rings. The van der Waals surface area contributed by atoms with Crippen molar-refractivity contribution >= 4 is 0 Å². The van der Waals surface area contributed by atoms with Gasteiger partial charge in [0.1, 0.15) is 0 Å². The number of rotatable bonds is 9. The van der Waals surface area contributed by atoms with Gasteiger partial charge in [0, 0.05) is 19.6 Å². The maximum absolute atomic E-state index is 5.61. The van der Waals surface area contributed by atoms with Crippen molar-refractivity contribution in [3.8, 4) is 0 Å². The molecule has 0 saturated carbocycles. The van der Waals surface area contributed by atoms with Crippen LogP contribution in [-0.2, 0) is 4.74 Å². The highest BCUT2D eigenvalue weighted by atomic mass is 16.5. The van der Waals surface area contributed by atoms with Crippen LogP contribution in [0.5, 0.6) is 0 Å². The minimum absolute atomic E-state index is 0.413. The predicted octanol–water partition coefficient (Wildman–Crippen LogP) is 1.34. The largest absolute Gasteiger partial charge is 0.377 e. The summed E-state index contributed by atoms with van der Waals surface area (Å²) in [7, 11) is 4.17. The van der Waals surface area contributed by atoms with Gasteiger partial charge < -0.3 is 15.0 Å². The van der Waals surface area contributed by atoms with Crippen molar-refractivity contribution in [2.45, 2.75) is 32.8 Å². The topological polar surface area (TPSA) is 24.5 Å². The van der Waals surface area contributed by atoms with Gasteiger partial charge in [-0.2, -0.15) is 0 Å². The van der Waals surface area contributed by atoms with E-state index in [2.05, 4.69) is 38.2 Å². The summed E-state index contributed by atoms with van der Waals surface area (Å²) in [6.45, 7) is 8.25. The fourth-order valence-corrected chi connectivity index (χ4v) is 1.25. The molecule has 0 rings (SSSR count). The van der Waals surface area contributed by atoms with E-state index in [1.54, 1.807) is 0 Å². The van der Waals surface area contributed by atoms with Gasteiger partial charge in [-0.3, -0.25) is 0 Å². The average molecular weight is 202 g/mol. The highest BCUT2D eigenvalue weighted by Gasteiger charge is 1.98. The van der Waals surface area contributed by atoms with E-state index in [9.17, 15) is 0 Å². The Bertz CT molecular complexity index is 118. The number of nitrogens with one attached hydrogen (secondary N) is 1. The molecular weight excluding hydrogens is 176 g/mol. The second-order valence-corrected chi connectivity index (χ2v) is 4.02. The minimum atomic E-state index is 0.413. The first-order valence-electron chi connectivity index (χ1n) is 5.63. The molecule has 1 N–H and O–H groups in total. The summed E-state index contributed by atoms with van der Waals surface area (Å²) in [5.41, 5.74) is 0. The lowest BCUT2D eigenvalue weighted by molar-refractivity contribution is 0.0617.